The molecule has 0 atom stereocenters. The van der Waals surface area contributed by atoms with E-state index in [1.807, 2.05) is 31.4 Å². The van der Waals surface area contributed by atoms with E-state index in [-0.39, 0.29) is 0 Å². The first-order valence-electron chi connectivity index (χ1n) is 4.72. The summed E-state index contributed by atoms with van der Waals surface area (Å²) in [7, 11) is 0. The Kier molecular flexibility index (Phi) is 3.31. The molecular weight excluding hydrogens is 222 g/mol. The number of aryl methyl sites for hydroxylation is 1. The van der Waals surface area contributed by atoms with E-state index in [0.717, 1.165) is 16.7 Å². The molecule has 0 saturated heterocycles. The van der Waals surface area contributed by atoms with Crippen molar-refractivity contribution >= 4 is 18.0 Å². The number of hydrogen-bond acceptors (Lipinski definition) is 5. The summed E-state index contributed by atoms with van der Waals surface area (Å²) in [4.78, 5) is 4.15. The molecular formula is C10H11N5S. The minimum Gasteiger partial charge on any atom is -0.255 e. The lowest BCUT2D eigenvalue weighted by atomic mass is 10.4. The zero-order valence-electron chi connectivity index (χ0n) is 9.03. The summed E-state index contributed by atoms with van der Waals surface area (Å²) in [5.41, 5.74) is 0.808. The van der Waals surface area contributed by atoms with E-state index in [1.54, 1.807) is 17.1 Å². The van der Waals surface area contributed by atoms with Gasteiger partial charge in [-0.1, -0.05) is 17.8 Å². The Bertz CT molecular complexity index is 491. The Labute approximate surface area is 97.6 Å². The Morgan fingerprint density at radius 3 is 2.94 bits per heavy atom. The van der Waals surface area contributed by atoms with Gasteiger partial charge in [-0.25, -0.2) is 0 Å². The second-order valence-corrected chi connectivity index (χ2v) is 3.82. The van der Waals surface area contributed by atoms with Crippen molar-refractivity contribution in [2.75, 3.05) is 6.26 Å². The van der Waals surface area contributed by atoms with Gasteiger partial charge < -0.3 is 0 Å². The van der Waals surface area contributed by atoms with Crippen LogP contribution in [-0.4, -0.2) is 32.3 Å². The lowest BCUT2D eigenvalue weighted by Gasteiger charge is -1.97. The molecule has 2 aromatic heterocycles. The molecule has 0 aromatic carbocycles. The summed E-state index contributed by atoms with van der Waals surface area (Å²) in [6.45, 7) is 1.86. The fourth-order valence-corrected chi connectivity index (χ4v) is 1.64. The van der Waals surface area contributed by atoms with E-state index < -0.39 is 0 Å². The molecule has 0 fully saturated rings. The molecule has 0 bridgehead atoms. The molecule has 16 heavy (non-hydrogen) atoms. The number of hydrogen-bond donors (Lipinski definition) is 0. The summed E-state index contributed by atoms with van der Waals surface area (Å²) in [6.07, 6.45) is 5.36. The second kappa shape index (κ2) is 4.89. The third-order valence-corrected chi connectivity index (χ3v) is 2.56. The van der Waals surface area contributed by atoms with Crippen molar-refractivity contribution in [3.63, 3.8) is 0 Å². The predicted molar refractivity (Wildman–Crippen MR) is 63.8 cm³/mol. The van der Waals surface area contributed by atoms with E-state index in [1.165, 1.54) is 11.8 Å². The second-order valence-electron chi connectivity index (χ2n) is 3.04. The molecule has 6 heteroatoms. The number of aromatic nitrogens is 4. The molecule has 2 aromatic rings. The molecule has 0 aliphatic rings. The monoisotopic (exact) mass is 233 g/mol. The van der Waals surface area contributed by atoms with Gasteiger partial charge in [0.1, 0.15) is 0 Å². The largest absolute Gasteiger partial charge is 0.255 e. The first-order chi connectivity index (χ1) is 7.81. The average Bonchev–Trinajstić information content (AvgIpc) is 2.69. The van der Waals surface area contributed by atoms with Gasteiger partial charge in [0.15, 0.2) is 5.82 Å². The Morgan fingerprint density at radius 2 is 2.25 bits per heavy atom. The molecule has 0 amide bonds. The number of nitrogens with zero attached hydrogens (tertiary/aromatic N) is 5. The van der Waals surface area contributed by atoms with Gasteiger partial charge in [0.2, 0.25) is 5.16 Å². The zero-order chi connectivity index (χ0) is 11.4. The lowest BCUT2D eigenvalue weighted by molar-refractivity contribution is 0.745. The summed E-state index contributed by atoms with van der Waals surface area (Å²) < 4.78 is 1.69. The highest BCUT2D eigenvalue weighted by Gasteiger charge is 2.05. The van der Waals surface area contributed by atoms with Crippen LogP contribution >= 0.6 is 11.8 Å². The van der Waals surface area contributed by atoms with Gasteiger partial charge in [-0.3, -0.25) is 4.98 Å². The van der Waals surface area contributed by atoms with Gasteiger partial charge in [0, 0.05) is 6.20 Å². The smallest absolute Gasteiger partial charge is 0.211 e. The summed E-state index contributed by atoms with van der Waals surface area (Å²) >= 11 is 1.51. The highest BCUT2D eigenvalue weighted by Crippen LogP contribution is 2.12. The van der Waals surface area contributed by atoms with Crippen molar-refractivity contribution in [2.24, 2.45) is 5.10 Å². The van der Waals surface area contributed by atoms with Crippen molar-refractivity contribution < 1.29 is 0 Å². The van der Waals surface area contributed by atoms with Crippen LogP contribution in [0, 0.1) is 6.92 Å². The van der Waals surface area contributed by atoms with Crippen molar-refractivity contribution in [3.05, 3.63) is 35.9 Å². The summed E-state index contributed by atoms with van der Waals surface area (Å²) in [5.74, 6) is 0.761. The molecule has 0 radical (unpaired) electrons. The average molecular weight is 233 g/mol. The third kappa shape index (κ3) is 2.27. The quantitative estimate of drug-likeness (QED) is 0.596. The van der Waals surface area contributed by atoms with E-state index in [9.17, 15) is 0 Å². The van der Waals surface area contributed by atoms with E-state index >= 15 is 0 Å². The first kappa shape index (κ1) is 10.8. The van der Waals surface area contributed by atoms with Crippen LogP contribution in [0.5, 0.6) is 0 Å². The normalized spacial score (nSPS) is 11.1. The van der Waals surface area contributed by atoms with Crippen LogP contribution in [0.15, 0.2) is 34.7 Å². The highest BCUT2D eigenvalue weighted by atomic mass is 32.2. The lowest BCUT2D eigenvalue weighted by Crippen LogP contribution is -1.96. The molecule has 5 nitrogen and oxygen atoms in total. The summed E-state index contributed by atoms with van der Waals surface area (Å²) in [6, 6.07) is 5.68. The minimum absolute atomic E-state index is 0.761. The van der Waals surface area contributed by atoms with Crippen LogP contribution in [0.4, 0.5) is 0 Å². The molecule has 0 aliphatic carbocycles. The van der Waals surface area contributed by atoms with Gasteiger partial charge in [-0.05, 0) is 25.3 Å². The number of rotatable bonds is 3. The van der Waals surface area contributed by atoms with Crippen molar-refractivity contribution in [1.82, 2.24) is 19.9 Å². The van der Waals surface area contributed by atoms with E-state index in [2.05, 4.69) is 20.3 Å². The zero-order valence-corrected chi connectivity index (χ0v) is 9.85. The van der Waals surface area contributed by atoms with Crippen molar-refractivity contribution in [3.8, 4) is 0 Å². The third-order valence-electron chi connectivity index (χ3n) is 1.94. The number of thioether (sulfide) groups is 1. The molecule has 2 heterocycles. The minimum atomic E-state index is 0.761. The fraction of sp³-hybridized carbons (Fsp3) is 0.200. The Balaban J connectivity index is 2.27. The Hall–Kier alpha value is -1.69. The fourth-order valence-electron chi connectivity index (χ4n) is 1.17. The standard InChI is InChI=1S/C10H11N5S/c1-8-13-14-10(16-2)15(8)12-7-9-5-3-4-6-11-9/h3-7H,1-2H3/b12-7-. The molecule has 0 unspecified atom stereocenters. The number of pyridine rings is 1. The van der Waals surface area contributed by atoms with Gasteiger partial charge in [0.05, 0.1) is 11.9 Å². The van der Waals surface area contributed by atoms with Gasteiger partial charge in [-0.2, -0.15) is 9.78 Å². The van der Waals surface area contributed by atoms with Crippen molar-refractivity contribution in [1.29, 1.82) is 0 Å². The predicted octanol–water partition coefficient (Wildman–Crippen LogP) is 1.59. The first-order valence-corrected chi connectivity index (χ1v) is 5.95. The maximum absolute atomic E-state index is 4.29. The van der Waals surface area contributed by atoms with Gasteiger partial charge in [-0.15, -0.1) is 10.2 Å². The molecule has 82 valence electrons. The SMILES string of the molecule is CSc1nnc(C)n1/N=C\c1ccccn1. The maximum atomic E-state index is 4.29. The van der Waals surface area contributed by atoms with Crippen LogP contribution in [0.25, 0.3) is 0 Å². The maximum Gasteiger partial charge on any atom is 0.211 e. The van der Waals surface area contributed by atoms with Crippen molar-refractivity contribution in [2.45, 2.75) is 12.1 Å². The molecule has 0 saturated carbocycles. The van der Waals surface area contributed by atoms with Crippen LogP contribution in [0.2, 0.25) is 0 Å². The molecule has 0 aliphatic heterocycles. The van der Waals surface area contributed by atoms with Gasteiger partial charge in [0.25, 0.3) is 0 Å². The highest BCUT2D eigenvalue weighted by molar-refractivity contribution is 7.98. The van der Waals surface area contributed by atoms with E-state index in [4.69, 9.17) is 0 Å². The van der Waals surface area contributed by atoms with Crippen LogP contribution in [-0.2, 0) is 0 Å². The molecule has 2 rings (SSSR count). The van der Waals surface area contributed by atoms with Gasteiger partial charge >= 0.3 is 0 Å². The van der Waals surface area contributed by atoms with E-state index in [0.29, 0.717) is 0 Å². The van der Waals surface area contributed by atoms with Crippen LogP contribution in [0.3, 0.4) is 0 Å². The van der Waals surface area contributed by atoms with Crippen LogP contribution < -0.4 is 0 Å². The topological polar surface area (TPSA) is 56.0 Å². The summed E-state index contributed by atoms with van der Waals surface area (Å²) in [5, 5.41) is 13.0. The van der Waals surface area contributed by atoms with Crippen LogP contribution in [0.1, 0.15) is 11.5 Å². The Morgan fingerprint density at radius 1 is 1.38 bits per heavy atom. The molecule has 0 spiro atoms. The molecule has 0 N–H and O–H groups in total.